The van der Waals surface area contributed by atoms with E-state index in [1.165, 1.54) is 5.56 Å². The summed E-state index contributed by atoms with van der Waals surface area (Å²) in [7, 11) is 0. The zero-order valence-electron chi connectivity index (χ0n) is 15.4. The first kappa shape index (κ1) is 17.8. The maximum absolute atomic E-state index is 6.02. The minimum Gasteiger partial charge on any atom is -0.459 e. The lowest BCUT2D eigenvalue weighted by atomic mass is 10.2. The second-order valence-corrected chi connectivity index (χ2v) is 7.05. The summed E-state index contributed by atoms with van der Waals surface area (Å²) in [5.74, 6) is 0. The van der Waals surface area contributed by atoms with E-state index in [0.717, 1.165) is 43.9 Å². The summed E-state index contributed by atoms with van der Waals surface area (Å²) < 4.78 is 6.02. The van der Waals surface area contributed by atoms with Crippen LogP contribution in [0.1, 0.15) is 37.1 Å². The van der Waals surface area contributed by atoms with Crippen molar-refractivity contribution < 1.29 is 4.74 Å². The number of nitrogens with one attached hydrogen (secondary N) is 1. The van der Waals surface area contributed by atoms with Gasteiger partial charge in [-0.15, -0.1) is 0 Å². The lowest BCUT2D eigenvalue weighted by Gasteiger charge is -2.16. The molecular formula is C20H28N4O. The number of ether oxygens (including phenoxy) is 1. The van der Waals surface area contributed by atoms with Crippen molar-refractivity contribution in [2.24, 2.45) is 0 Å². The third-order valence-electron chi connectivity index (χ3n) is 4.51. The zero-order valence-corrected chi connectivity index (χ0v) is 15.4. The van der Waals surface area contributed by atoms with Crippen molar-refractivity contribution in [2.45, 2.75) is 52.4 Å². The van der Waals surface area contributed by atoms with Crippen molar-refractivity contribution in [1.82, 2.24) is 20.2 Å². The molecule has 1 unspecified atom stereocenters. The van der Waals surface area contributed by atoms with Crippen molar-refractivity contribution in [2.75, 3.05) is 13.1 Å². The van der Waals surface area contributed by atoms with Crippen molar-refractivity contribution in [1.29, 1.82) is 0 Å². The van der Waals surface area contributed by atoms with Crippen molar-refractivity contribution >= 4 is 0 Å². The van der Waals surface area contributed by atoms with Crippen LogP contribution < -0.4 is 10.1 Å². The molecule has 1 aliphatic heterocycles. The van der Waals surface area contributed by atoms with E-state index in [9.17, 15) is 0 Å². The van der Waals surface area contributed by atoms with E-state index >= 15 is 0 Å². The molecule has 0 aliphatic carbocycles. The van der Waals surface area contributed by atoms with Gasteiger partial charge in [0.2, 0.25) is 0 Å². The van der Waals surface area contributed by atoms with E-state index in [4.69, 9.17) is 4.74 Å². The van der Waals surface area contributed by atoms with E-state index < -0.39 is 0 Å². The minimum absolute atomic E-state index is 0.169. The van der Waals surface area contributed by atoms with Gasteiger partial charge >= 0.3 is 6.01 Å². The normalized spacial score (nSPS) is 18.0. The monoisotopic (exact) mass is 340 g/mol. The Labute approximate surface area is 150 Å². The summed E-state index contributed by atoms with van der Waals surface area (Å²) in [5, 5.41) is 3.40. The second kappa shape index (κ2) is 8.41. The van der Waals surface area contributed by atoms with Gasteiger partial charge in [0, 0.05) is 49.7 Å². The number of nitrogens with zero attached hydrogens (tertiary/aromatic N) is 3. The van der Waals surface area contributed by atoms with Gasteiger partial charge in [-0.2, -0.15) is 0 Å². The Balaban J connectivity index is 1.52. The molecule has 1 saturated heterocycles. The highest BCUT2D eigenvalue weighted by atomic mass is 16.5. The molecular weight excluding hydrogens is 312 g/mol. The molecule has 0 saturated carbocycles. The van der Waals surface area contributed by atoms with E-state index in [2.05, 4.69) is 64.4 Å². The Bertz CT molecular complexity index is 675. The number of rotatable bonds is 7. The number of hydrogen-bond acceptors (Lipinski definition) is 5. The quantitative estimate of drug-likeness (QED) is 0.840. The SMILES string of the molecule is Cc1nc(OC2CCN(Cc3ccccc3)C2)ncc1CNC(C)C. The first-order chi connectivity index (χ1) is 12.1. The van der Waals surface area contributed by atoms with Gasteiger partial charge in [0.15, 0.2) is 0 Å². The fourth-order valence-electron chi connectivity index (χ4n) is 3.04. The van der Waals surface area contributed by atoms with Gasteiger partial charge < -0.3 is 10.1 Å². The van der Waals surface area contributed by atoms with Gasteiger partial charge in [0.05, 0.1) is 0 Å². The van der Waals surface area contributed by atoms with Crippen LogP contribution in [0.15, 0.2) is 36.5 Å². The van der Waals surface area contributed by atoms with Crippen LogP contribution in [-0.2, 0) is 13.1 Å². The van der Waals surface area contributed by atoms with E-state index in [-0.39, 0.29) is 6.10 Å². The average molecular weight is 340 g/mol. The number of likely N-dealkylation sites (tertiary alicyclic amines) is 1. The second-order valence-electron chi connectivity index (χ2n) is 7.05. The topological polar surface area (TPSA) is 50.3 Å². The Morgan fingerprint density at radius 3 is 2.80 bits per heavy atom. The molecule has 1 aromatic carbocycles. The van der Waals surface area contributed by atoms with Gasteiger partial charge in [-0.05, 0) is 18.9 Å². The first-order valence-corrected chi connectivity index (χ1v) is 9.09. The fraction of sp³-hybridized carbons (Fsp3) is 0.500. The first-order valence-electron chi connectivity index (χ1n) is 9.09. The molecule has 1 fully saturated rings. The molecule has 5 nitrogen and oxygen atoms in total. The summed E-state index contributed by atoms with van der Waals surface area (Å²) in [4.78, 5) is 11.4. The molecule has 2 aromatic rings. The van der Waals surface area contributed by atoms with Crippen LogP contribution >= 0.6 is 0 Å². The van der Waals surface area contributed by atoms with Crippen LogP contribution in [0.4, 0.5) is 0 Å². The van der Waals surface area contributed by atoms with Gasteiger partial charge in [-0.1, -0.05) is 44.2 Å². The molecule has 3 rings (SSSR count). The van der Waals surface area contributed by atoms with Crippen LogP contribution in [0.5, 0.6) is 6.01 Å². The Hall–Kier alpha value is -1.98. The maximum atomic E-state index is 6.02. The summed E-state index contributed by atoms with van der Waals surface area (Å²) in [5.41, 5.74) is 3.45. The Morgan fingerprint density at radius 1 is 1.28 bits per heavy atom. The Kier molecular flexibility index (Phi) is 6.00. The lowest BCUT2D eigenvalue weighted by molar-refractivity contribution is 0.183. The molecule has 0 amide bonds. The van der Waals surface area contributed by atoms with Gasteiger partial charge in [0.25, 0.3) is 0 Å². The van der Waals surface area contributed by atoms with E-state index in [1.807, 2.05) is 13.1 Å². The average Bonchev–Trinajstić information content (AvgIpc) is 3.02. The molecule has 0 radical (unpaired) electrons. The van der Waals surface area contributed by atoms with Gasteiger partial charge in [-0.3, -0.25) is 4.90 Å². The van der Waals surface area contributed by atoms with E-state index in [0.29, 0.717) is 12.1 Å². The molecule has 1 atom stereocenters. The molecule has 25 heavy (non-hydrogen) atoms. The summed E-state index contributed by atoms with van der Waals surface area (Å²) >= 11 is 0. The lowest BCUT2D eigenvalue weighted by Crippen LogP contribution is -2.25. The predicted molar refractivity (Wildman–Crippen MR) is 99.5 cm³/mol. The third kappa shape index (κ3) is 5.25. The minimum atomic E-state index is 0.169. The highest BCUT2D eigenvalue weighted by Gasteiger charge is 2.24. The molecule has 0 bridgehead atoms. The van der Waals surface area contributed by atoms with Crippen molar-refractivity contribution in [3.05, 3.63) is 53.3 Å². The van der Waals surface area contributed by atoms with Crippen LogP contribution in [0.3, 0.4) is 0 Å². The van der Waals surface area contributed by atoms with Crippen LogP contribution in [0, 0.1) is 6.92 Å². The van der Waals surface area contributed by atoms with Crippen LogP contribution in [-0.4, -0.2) is 40.1 Å². The van der Waals surface area contributed by atoms with Gasteiger partial charge in [0.1, 0.15) is 6.10 Å². The molecule has 1 aromatic heterocycles. The third-order valence-corrected chi connectivity index (χ3v) is 4.51. The largest absolute Gasteiger partial charge is 0.459 e. The van der Waals surface area contributed by atoms with Crippen LogP contribution in [0.2, 0.25) is 0 Å². The maximum Gasteiger partial charge on any atom is 0.316 e. The molecule has 5 heteroatoms. The summed E-state index contributed by atoms with van der Waals surface area (Å²) in [6, 6.07) is 11.5. The highest BCUT2D eigenvalue weighted by Crippen LogP contribution is 2.18. The standard InChI is InChI=1S/C20H28N4O/c1-15(2)21-11-18-12-22-20(23-16(18)3)25-19-9-10-24(14-19)13-17-7-5-4-6-8-17/h4-8,12,15,19,21H,9-11,13-14H2,1-3H3. The molecule has 1 aliphatic rings. The van der Waals surface area contributed by atoms with Crippen molar-refractivity contribution in [3.8, 4) is 6.01 Å². The molecule has 0 spiro atoms. The number of benzene rings is 1. The van der Waals surface area contributed by atoms with Gasteiger partial charge in [-0.25, -0.2) is 9.97 Å². The number of hydrogen-bond donors (Lipinski definition) is 1. The smallest absolute Gasteiger partial charge is 0.316 e. The number of aromatic nitrogens is 2. The molecule has 1 N–H and O–H groups in total. The van der Waals surface area contributed by atoms with Crippen molar-refractivity contribution in [3.63, 3.8) is 0 Å². The molecule has 2 heterocycles. The highest BCUT2D eigenvalue weighted by molar-refractivity contribution is 5.18. The Morgan fingerprint density at radius 2 is 2.08 bits per heavy atom. The molecule has 134 valence electrons. The predicted octanol–water partition coefficient (Wildman–Crippen LogP) is 2.94. The summed E-state index contributed by atoms with van der Waals surface area (Å²) in [6.45, 7) is 10.0. The zero-order chi connectivity index (χ0) is 17.6. The number of aryl methyl sites for hydroxylation is 1. The van der Waals surface area contributed by atoms with E-state index in [1.54, 1.807) is 0 Å². The summed E-state index contributed by atoms with van der Waals surface area (Å²) in [6.07, 6.45) is 3.07. The fourth-order valence-corrected chi connectivity index (χ4v) is 3.04. The van der Waals surface area contributed by atoms with Crippen LogP contribution in [0.25, 0.3) is 0 Å².